The van der Waals surface area contributed by atoms with Crippen LogP contribution in [0.25, 0.3) is 0 Å². The van der Waals surface area contributed by atoms with Gasteiger partial charge in [0.25, 0.3) is 0 Å². The van der Waals surface area contributed by atoms with Gasteiger partial charge in [-0.1, -0.05) is 43.8 Å². The van der Waals surface area contributed by atoms with Gasteiger partial charge in [-0.05, 0) is 24.5 Å². The lowest BCUT2D eigenvalue weighted by atomic mass is 10.1. The van der Waals surface area contributed by atoms with Gasteiger partial charge >= 0.3 is 6.18 Å². The standard InChI is InChI=1S/C13H19F3Si/c1-17(2)9-4-3-6-11-7-5-8-12(10-11)13(14,15)16/h5,7-8,10,17H,3-4,6,9H2,1-2H3. The van der Waals surface area contributed by atoms with E-state index < -0.39 is 20.5 Å². The fourth-order valence-electron chi connectivity index (χ4n) is 1.78. The van der Waals surface area contributed by atoms with Crippen molar-refractivity contribution in [2.75, 3.05) is 0 Å². The van der Waals surface area contributed by atoms with E-state index in [2.05, 4.69) is 13.1 Å². The van der Waals surface area contributed by atoms with E-state index in [0.717, 1.165) is 30.9 Å². The average Bonchev–Trinajstić information content (AvgIpc) is 2.23. The molecule has 0 unspecified atom stereocenters. The third-order valence-corrected chi connectivity index (χ3v) is 4.31. The monoisotopic (exact) mass is 260 g/mol. The lowest BCUT2D eigenvalue weighted by molar-refractivity contribution is -0.137. The summed E-state index contributed by atoms with van der Waals surface area (Å²) < 4.78 is 37.4. The van der Waals surface area contributed by atoms with E-state index in [-0.39, 0.29) is 0 Å². The molecule has 17 heavy (non-hydrogen) atoms. The molecule has 0 saturated carbocycles. The molecule has 0 heterocycles. The van der Waals surface area contributed by atoms with Crippen LogP contribution in [0.15, 0.2) is 24.3 Å². The summed E-state index contributed by atoms with van der Waals surface area (Å²) in [6.45, 7) is 4.59. The van der Waals surface area contributed by atoms with Crippen LogP contribution < -0.4 is 0 Å². The fraction of sp³-hybridized carbons (Fsp3) is 0.538. The molecule has 0 fully saturated rings. The van der Waals surface area contributed by atoms with E-state index in [1.807, 2.05) is 0 Å². The predicted molar refractivity (Wildman–Crippen MR) is 68.1 cm³/mol. The molecule has 96 valence electrons. The van der Waals surface area contributed by atoms with Crippen molar-refractivity contribution in [1.82, 2.24) is 0 Å². The summed E-state index contributed by atoms with van der Waals surface area (Å²) in [6.07, 6.45) is -1.33. The van der Waals surface area contributed by atoms with Crippen LogP contribution in [-0.4, -0.2) is 8.80 Å². The predicted octanol–water partition coefficient (Wildman–Crippen LogP) is 4.51. The zero-order valence-electron chi connectivity index (χ0n) is 10.3. The Morgan fingerprint density at radius 1 is 1.12 bits per heavy atom. The van der Waals surface area contributed by atoms with Crippen LogP contribution in [0.3, 0.4) is 0 Å². The van der Waals surface area contributed by atoms with Gasteiger partial charge in [0.15, 0.2) is 0 Å². The second-order valence-corrected chi connectivity index (χ2v) is 8.20. The van der Waals surface area contributed by atoms with Crippen molar-refractivity contribution in [1.29, 1.82) is 0 Å². The largest absolute Gasteiger partial charge is 0.416 e. The molecule has 0 aliphatic rings. The summed E-state index contributed by atoms with van der Waals surface area (Å²) in [7, 11) is -0.513. The Kier molecular flexibility index (Phi) is 5.24. The lowest BCUT2D eigenvalue weighted by Gasteiger charge is -2.09. The molecule has 0 saturated heterocycles. The molecule has 0 N–H and O–H groups in total. The maximum Gasteiger partial charge on any atom is 0.416 e. The molecule has 0 aromatic heterocycles. The van der Waals surface area contributed by atoms with E-state index in [9.17, 15) is 13.2 Å². The number of hydrogen-bond acceptors (Lipinski definition) is 0. The van der Waals surface area contributed by atoms with E-state index in [4.69, 9.17) is 0 Å². The molecule has 1 rings (SSSR count). The molecule has 0 radical (unpaired) electrons. The quantitative estimate of drug-likeness (QED) is 0.539. The number of aryl methyl sites for hydroxylation is 1. The normalized spacial score (nSPS) is 12.1. The minimum atomic E-state index is -4.22. The highest BCUT2D eigenvalue weighted by atomic mass is 28.3. The fourth-order valence-corrected chi connectivity index (χ4v) is 2.89. The molecule has 0 aliphatic heterocycles. The van der Waals surface area contributed by atoms with Crippen molar-refractivity contribution in [3.8, 4) is 0 Å². The van der Waals surface area contributed by atoms with Gasteiger partial charge in [-0.25, -0.2) is 0 Å². The molecule has 1 aromatic carbocycles. The third-order valence-electron chi connectivity index (χ3n) is 2.75. The Labute approximate surface area is 102 Å². The Bertz CT molecular complexity index is 345. The SMILES string of the molecule is C[SiH](C)CCCCc1cccc(C(F)(F)F)c1. The summed E-state index contributed by atoms with van der Waals surface area (Å²) in [5.74, 6) is 0. The van der Waals surface area contributed by atoms with Gasteiger partial charge in [-0.3, -0.25) is 0 Å². The van der Waals surface area contributed by atoms with Gasteiger partial charge in [0.2, 0.25) is 0 Å². The van der Waals surface area contributed by atoms with Crippen LogP contribution in [0.1, 0.15) is 24.0 Å². The third kappa shape index (κ3) is 5.39. The average molecular weight is 260 g/mol. The van der Waals surface area contributed by atoms with Crippen LogP contribution in [-0.2, 0) is 12.6 Å². The maximum atomic E-state index is 12.5. The molecule has 0 atom stereocenters. The highest BCUT2D eigenvalue weighted by Crippen LogP contribution is 2.29. The van der Waals surface area contributed by atoms with Gasteiger partial charge in [0, 0.05) is 8.80 Å². The van der Waals surface area contributed by atoms with Crippen molar-refractivity contribution in [2.24, 2.45) is 0 Å². The van der Waals surface area contributed by atoms with Gasteiger partial charge < -0.3 is 0 Å². The van der Waals surface area contributed by atoms with Crippen LogP contribution in [0.5, 0.6) is 0 Å². The first kappa shape index (κ1) is 14.3. The molecule has 1 aromatic rings. The van der Waals surface area contributed by atoms with E-state index in [1.54, 1.807) is 6.07 Å². The smallest absolute Gasteiger partial charge is 0.166 e. The molecule has 0 aliphatic carbocycles. The minimum Gasteiger partial charge on any atom is -0.166 e. The van der Waals surface area contributed by atoms with Gasteiger partial charge in [0.05, 0.1) is 5.56 Å². The van der Waals surface area contributed by atoms with Crippen LogP contribution in [0, 0.1) is 0 Å². The van der Waals surface area contributed by atoms with Gasteiger partial charge in [0.1, 0.15) is 0 Å². The molecule has 0 nitrogen and oxygen atoms in total. The number of benzene rings is 1. The summed E-state index contributed by atoms with van der Waals surface area (Å²) in [5, 5.41) is 0. The van der Waals surface area contributed by atoms with Gasteiger partial charge in [-0.15, -0.1) is 0 Å². The van der Waals surface area contributed by atoms with Crippen LogP contribution in [0.2, 0.25) is 19.1 Å². The number of alkyl halides is 3. The molecule has 0 bridgehead atoms. The summed E-state index contributed by atoms with van der Waals surface area (Å²) >= 11 is 0. The highest BCUT2D eigenvalue weighted by Gasteiger charge is 2.30. The van der Waals surface area contributed by atoms with E-state index in [0.29, 0.717) is 0 Å². The summed E-state index contributed by atoms with van der Waals surface area (Å²) in [6, 6.07) is 6.95. The Morgan fingerprint density at radius 2 is 1.82 bits per heavy atom. The first-order chi connectivity index (χ1) is 7.89. The topological polar surface area (TPSA) is 0 Å². The van der Waals surface area contributed by atoms with Gasteiger partial charge in [-0.2, -0.15) is 13.2 Å². The van der Waals surface area contributed by atoms with E-state index in [1.165, 1.54) is 18.2 Å². The molecule has 4 heteroatoms. The number of halogens is 3. The Hall–Kier alpha value is -0.773. The zero-order chi connectivity index (χ0) is 12.9. The summed E-state index contributed by atoms with van der Waals surface area (Å²) in [4.78, 5) is 0. The van der Waals surface area contributed by atoms with E-state index >= 15 is 0 Å². The molecule has 0 spiro atoms. The second kappa shape index (κ2) is 6.24. The van der Waals surface area contributed by atoms with Crippen LogP contribution in [0.4, 0.5) is 13.2 Å². The zero-order valence-corrected chi connectivity index (χ0v) is 11.5. The first-order valence-corrected chi connectivity index (χ1v) is 9.18. The Morgan fingerprint density at radius 3 is 2.41 bits per heavy atom. The summed E-state index contributed by atoms with van der Waals surface area (Å²) in [5.41, 5.74) is 0.262. The first-order valence-electron chi connectivity index (χ1n) is 6.05. The van der Waals surface area contributed by atoms with Crippen molar-refractivity contribution >= 4 is 8.80 Å². The van der Waals surface area contributed by atoms with Crippen molar-refractivity contribution in [3.63, 3.8) is 0 Å². The lowest BCUT2D eigenvalue weighted by Crippen LogP contribution is -2.05. The number of rotatable bonds is 5. The molecular weight excluding hydrogens is 241 g/mol. The van der Waals surface area contributed by atoms with Crippen molar-refractivity contribution < 1.29 is 13.2 Å². The molecule has 0 amide bonds. The minimum absolute atomic E-state index is 0.513. The van der Waals surface area contributed by atoms with Crippen molar-refractivity contribution in [3.05, 3.63) is 35.4 Å². The molecular formula is C13H19F3Si. The second-order valence-electron chi connectivity index (χ2n) is 4.84. The Balaban J connectivity index is 2.49. The van der Waals surface area contributed by atoms with Crippen LogP contribution >= 0.6 is 0 Å². The van der Waals surface area contributed by atoms with Crippen molar-refractivity contribution in [2.45, 2.75) is 44.6 Å². The number of hydrogen-bond donors (Lipinski definition) is 0. The maximum absolute atomic E-state index is 12.5. The highest BCUT2D eigenvalue weighted by molar-refractivity contribution is 6.55. The number of unbranched alkanes of at least 4 members (excludes halogenated alkanes) is 1.